The maximum Gasteiger partial charge on any atom is 0.176 e. The number of hydrogen-bond acceptors (Lipinski definition) is 4. The molecule has 0 atom stereocenters. The van der Waals surface area contributed by atoms with Crippen LogP contribution in [-0.4, -0.2) is 17.4 Å². The summed E-state index contributed by atoms with van der Waals surface area (Å²) in [4.78, 5) is 0. The second-order valence-corrected chi connectivity index (χ2v) is 5.72. The Balaban J connectivity index is 1.94. The van der Waals surface area contributed by atoms with Gasteiger partial charge in [-0.25, -0.2) is 0 Å². The van der Waals surface area contributed by atoms with E-state index in [0.29, 0.717) is 22.8 Å². The summed E-state index contributed by atoms with van der Waals surface area (Å²) in [5, 5.41) is 16.5. The van der Waals surface area contributed by atoms with Gasteiger partial charge in [-0.05, 0) is 22.9 Å². The second kappa shape index (κ2) is 6.42. The Morgan fingerprint density at radius 2 is 1.64 bits per heavy atom. The molecule has 0 saturated carbocycles. The van der Waals surface area contributed by atoms with Crippen molar-refractivity contribution in [2.45, 2.75) is 6.61 Å². The Labute approximate surface area is 145 Å². The van der Waals surface area contributed by atoms with Gasteiger partial charge in [-0.2, -0.15) is 0 Å². The second-order valence-electron chi connectivity index (χ2n) is 5.72. The van der Waals surface area contributed by atoms with Crippen LogP contribution in [0.15, 0.2) is 71.3 Å². The number of aromatic nitrogens is 1. The molecule has 124 valence electrons. The summed E-state index contributed by atoms with van der Waals surface area (Å²) < 4.78 is 11.0. The maximum atomic E-state index is 10.0. The molecule has 0 fully saturated rings. The zero-order valence-electron chi connectivity index (χ0n) is 13.8. The molecule has 4 heteroatoms. The normalized spacial score (nSPS) is 11.0. The van der Waals surface area contributed by atoms with E-state index in [1.807, 2.05) is 54.6 Å². The molecule has 1 heterocycles. The average molecular weight is 331 g/mol. The Morgan fingerprint density at radius 1 is 0.920 bits per heavy atom. The fourth-order valence-electron chi connectivity index (χ4n) is 3.14. The Morgan fingerprint density at radius 3 is 2.48 bits per heavy atom. The summed E-state index contributed by atoms with van der Waals surface area (Å²) in [6.45, 7) is -0.171. The van der Waals surface area contributed by atoms with E-state index >= 15 is 0 Å². The molecule has 0 amide bonds. The van der Waals surface area contributed by atoms with E-state index in [9.17, 15) is 5.11 Å². The molecule has 0 spiro atoms. The van der Waals surface area contributed by atoms with Crippen LogP contribution in [0, 0.1) is 0 Å². The van der Waals surface area contributed by atoms with Crippen LogP contribution in [0.4, 0.5) is 0 Å². The van der Waals surface area contributed by atoms with Gasteiger partial charge in [0, 0.05) is 5.56 Å². The van der Waals surface area contributed by atoms with Gasteiger partial charge < -0.3 is 14.4 Å². The lowest BCUT2D eigenvalue weighted by Crippen LogP contribution is -1.92. The van der Waals surface area contributed by atoms with Gasteiger partial charge in [-0.3, -0.25) is 0 Å². The number of rotatable bonds is 4. The van der Waals surface area contributed by atoms with Crippen molar-refractivity contribution in [2.24, 2.45) is 0 Å². The molecular weight excluding hydrogens is 314 g/mol. The highest BCUT2D eigenvalue weighted by atomic mass is 16.5. The molecule has 1 N–H and O–H groups in total. The largest absolute Gasteiger partial charge is 0.496 e. The number of para-hydroxylation sites is 1. The quantitative estimate of drug-likeness (QED) is 0.591. The predicted molar refractivity (Wildman–Crippen MR) is 97.4 cm³/mol. The lowest BCUT2D eigenvalue weighted by atomic mass is 9.98. The van der Waals surface area contributed by atoms with E-state index in [1.165, 1.54) is 0 Å². The van der Waals surface area contributed by atoms with Crippen molar-refractivity contribution in [1.82, 2.24) is 5.16 Å². The minimum Gasteiger partial charge on any atom is -0.496 e. The van der Waals surface area contributed by atoms with Crippen LogP contribution in [-0.2, 0) is 6.61 Å². The molecule has 0 aliphatic heterocycles. The van der Waals surface area contributed by atoms with E-state index < -0.39 is 0 Å². The number of benzene rings is 3. The van der Waals surface area contributed by atoms with Gasteiger partial charge in [0.25, 0.3) is 0 Å². The van der Waals surface area contributed by atoms with Gasteiger partial charge >= 0.3 is 0 Å². The summed E-state index contributed by atoms with van der Waals surface area (Å²) in [5.41, 5.74) is 3.01. The van der Waals surface area contributed by atoms with Gasteiger partial charge in [-0.1, -0.05) is 59.8 Å². The lowest BCUT2D eigenvalue weighted by Gasteiger charge is -2.07. The first-order valence-electron chi connectivity index (χ1n) is 8.04. The van der Waals surface area contributed by atoms with E-state index in [1.54, 1.807) is 7.11 Å². The molecule has 4 nitrogen and oxygen atoms in total. The third kappa shape index (κ3) is 2.57. The third-order valence-electron chi connectivity index (χ3n) is 4.34. The van der Waals surface area contributed by atoms with E-state index in [2.05, 4.69) is 17.3 Å². The molecule has 1 aromatic heterocycles. The standard InChI is InChI=1S/C21H17NO3/c1-24-19-12-5-4-10-17(19)21-18(13-23)20(22-25-21)16-11-6-8-14-7-2-3-9-15(14)16/h2-12,23H,13H2,1H3. The summed E-state index contributed by atoms with van der Waals surface area (Å²) >= 11 is 0. The summed E-state index contributed by atoms with van der Waals surface area (Å²) in [6, 6.07) is 21.7. The van der Waals surface area contributed by atoms with Crippen LogP contribution in [0.25, 0.3) is 33.4 Å². The third-order valence-corrected chi connectivity index (χ3v) is 4.34. The number of nitrogens with zero attached hydrogens (tertiary/aromatic N) is 1. The molecule has 4 rings (SSSR count). The smallest absolute Gasteiger partial charge is 0.176 e. The van der Waals surface area contributed by atoms with Gasteiger partial charge in [0.15, 0.2) is 5.76 Å². The fourth-order valence-corrected chi connectivity index (χ4v) is 3.14. The average Bonchev–Trinajstić information content (AvgIpc) is 3.11. The predicted octanol–water partition coefficient (Wildman–Crippen LogP) is 4.66. The first-order chi connectivity index (χ1) is 12.3. The zero-order valence-corrected chi connectivity index (χ0v) is 13.8. The molecule has 0 bridgehead atoms. The topological polar surface area (TPSA) is 55.5 Å². The molecule has 0 unspecified atom stereocenters. The first kappa shape index (κ1) is 15.4. The van der Waals surface area contributed by atoms with Crippen LogP contribution >= 0.6 is 0 Å². The molecule has 0 aliphatic rings. The van der Waals surface area contributed by atoms with Crippen molar-refractivity contribution >= 4 is 10.8 Å². The van der Waals surface area contributed by atoms with E-state index in [0.717, 1.165) is 21.9 Å². The number of fused-ring (bicyclic) bond motifs is 1. The number of aliphatic hydroxyl groups is 1. The monoisotopic (exact) mass is 331 g/mol. The highest BCUT2D eigenvalue weighted by Crippen LogP contribution is 2.38. The van der Waals surface area contributed by atoms with Crippen molar-refractivity contribution in [1.29, 1.82) is 0 Å². The summed E-state index contributed by atoms with van der Waals surface area (Å²) in [7, 11) is 1.61. The van der Waals surface area contributed by atoms with Gasteiger partial charge in [0.2, 0.25) is 0 Å². The van der Waals surface area contributed by atoms with Crippen LogP contribution in [0.2, 0.25) is 0 Å². The van der Waals surface area contributed by atoms with Gasteiger partial charge in [0.05, 0.1) is 24.8 Å². The number of hydrogen-bond donors (Lipinski definition) is 1. The van der Waals surface area contributed by atoms with Gasteiger partial charge in [-0.15, -0.1) is 0 Å². The van der Waals surface area contributed by atoms with E-state index in [4.69, 9.17) is 9.26 Å². The van der Waals surface area contributed by atoms with Gasteiger partial charge in [0.1, 0.15) is 11.4 Å². The molecule has 3 aromatic carbocycles. The molecule has 0 saturated heterocycles. The van der Waals surface area contributed by atoms with Crippen LogP contribution in [0.5, 0.6) is 5.75 Å². The minimum absolute atomic E-state index is 0.171. The lowest BCUT2D eigenvalue weighted by molar-refractivity contribution is 0.281. The number of ether oxygens (including phenoxy) is 1. The number of methoxy groups -OCH3 is 1. The summed E-state index contributed by atoms with van der Waals surface area (Å²) in [6.07, 6.45) is 0. The van der Waals surface area contributed by atoms with Crippen molar-refractivity contribution in [2.75, 3.05) is 7.11 Å². The highest BCUT2D eigenvalue weighted by molar-refractivity contribution is 5.97. The molecule has 4 aromatic rings. The van der Waals surface area contributed by atoms with Crippen LogP contribution in [0.3, 0.4) is 0 Å². The first-order valence-corrected chi connectivity index (χ1v) is 8.04. The van der Waals surface area contributed by atoms with Crippen molar-refractivity contribution in [3.63, 3.8) is 0 Å². The Hall–Kier alpha value is -3.11. The zero-order chi connectivity index (χ0) is 17.2. The summed E-state index contributed by atoms with van der Waals surface area (Å²) in [5.74, 6) is 1.21. The minimum atomic E-state index is -0.171. The van der Waals surface area contributed by atoms with Crippen molar-refractivity contribution in [3.05, 3.63) is 72.3 Å². The molecule has 0 radical (unpaired) electrons. The SMILES string of the molecule is COc1ccccc1-c1onc(-c2cccc3ccccc23)c1CO. The molecular formula is C21H17NO3. The maximum absolute atomic E-state index is 10.0. The fraction of sp³-hybridized carbons (Fsp3) is 0.0952. The highest BCUT2D eigenvalue weighted by Gasteiger charge is 2.21. The molecule has 25 heavy (non-hydrogen) atoms. The van der Waals surface area contributed by atoms with Crippen LogP contribution in [0.1, 0.15) is 5.56 Å². The Kier molecular flexibility index (Phi) is 3.96. The van der Waals surface area contributed by atoms with E-state index in [-0.39, 0.29) is 6.61 Å². The Bertz CT molecular complexity index is 1030. The van der Waals surface area contributed by atoms with Crippen molar-refractivity contribution < 1.29 is 14.4 Å². The molecule has 0 aliphatic carbocycles. The number of aliphatic hydroxyl groups excluding tert-OH is 1. The van der Waals surface area contributed by atoms with Crippen molar-refractivity contribution in [3.8, 4) is 28.3 Å². The van der Waals surface area contributed by atoms with Crippen LogP contribution < -0.4 is 4.74 Å².